The molecule has 0 unspecified atom stereocenters. The van der Waals surface area contributed by atoms with Crippen LogP contribution in [-0.2, 0) is 4.79 Å². The van der Waals surface area contributed by atoms with E-state index in [9.17, 15) is 27.5 Å². The number of hydrogen-bond donors (Lipinski definition) is 1. The fraction of sp³-hybridized carbons (Fsp3) is 0.211. The van der Waals surface area contributed by atoms with Crippen LogP contribution in [0.25, 0.3) is 5.57 Å². The van der Waals surface area contributed by atoms with Gasteiger partial charge in [-0.05, 0) is 32.0 Å². The third kappa shape index (κ3) is 4.99. The summed E-state index contributed by atoms with van der Waals surface area (Å²) >= 11 is 0. The fourth-order valence-electron chi connectivity index (χ4n) is 2.29. The largest absolute Gasteiger partial charge is 0.478 e. The number of aliphatic carboxylic acids is 1. The fourth-order valence-corrected chi connectivity index (χ4v) is 2.29. The molecule has 4 nitrogen and oxygen atoms in total. The molecule has 0 saturated carbocycles. The maximum Gasteiger partial charge on any atom is 0.461 e. The van der Waals surface area contributed by atoms with E-state index in [4.69, 9.17) is 4.74 Å². The van der Waals surface area contributed by atoms with Crippen LogP contribution < -0.4 is 9.47 Å². The molecule has 0 aliphatic carbocycles. The molecule has 2 aromatic carbocycles. The second-order valence-electron chi connectivity index (χ2n) is 5.72. The van der Waals surface area contributed by atoms with Crippen molar-refractivity contribution >= 4 is 11.5 Å². The first-order valence-corrected chi connectivity index (χ1v) is 7.75. The highest BCUT2D eigenvalue weighted by atomic mass is 19.3. The van der Waals surface area contributed by atoms with E-state index in [0.29, 0.717) is 5.57 Å². The van der Waals surface area contributed by atoms with Gasteiger partial charge in [0.1, 0.15) is 17.2 Å². The number of carboxylic acids is 1. The van der Waals surface area contributed by atoms with Gasteiger partial charge in [0.2, 0.25) is 0 Å². The molecule has 27 heavy (non-hydrogen) atoms. The van der Waals surface area contributed by atoms with Crippen LogP contribution in [0.15, 0.2) is 54.1 Å². The molecule has 0 saturated heterocycles. The van der Waals surface area contributed by atoms with Gasteiger partial charge in [-0.2, -0.15) is 17.6 Å². The number of hydrogen-bond acceptors (Lipinski definition) is 3. The van der Waals surface area contributed by atoms with Crippen LogP contribution in [0.5, 0.6) is 17.2 Å². The van der Waals surface area contributed by atoms with Crippen LogP contribution in [0.2, 0.25) is 0 Å². The van der Waals surface area contributed by atoms with E-state index in [-0.39, 0.29) is 22.6 Å². The average Bonchev–Trinajstić information content (AvgIpc) is 2.55. The Morgan fingerprint density at radius 3 is 2.26 bits per heavy atom. The number of benzene rings is 2. The average molecular weight is 384 g/mol. The molecule has 1 N–H and O–H groups in total. The minimum atomic E-state index is -4.64. The Labute approximate surface area is 152 Å². The third-order valence-electron chi connectivity index (χ3n) is 3.41. The zero-order valence-electron chi connectivity index (χ0n) is 14.4. The monoisotopic (exact) mass is 384 g/mol. The van der Waals surface area contributed by atoms with Gasteiger partial charge in [0.25, 0.3) is 0 Å². The van der Waals surface area contributed by atoms with Gasteiger partial charge < -0.3 is 14.6 Å². The van der Waals surface area contributed by atoms with Crippen molar-refractivity contribution in [2.45, 2.75) is 26.4 Å². The summed E-state index contributed by atoms with van der Waals surface area (Å²) in [6.45, 7) is 3.25. The van der Waals surface area contributed by atoms with Gasteiger partial charge in [0.15, 0.2) is 0 Å². The Kier molecular flexibility index (Phi) is 6.09. The molecular formula is C19H16F4O4. The lowest BCUT2D eigenvalue weighted by Crippen LogP contribution is -2.33. The zero-order valence-corrected chi connectivity index (χ0v) is 14.4. The first kappa shape index (κ1) is 20.3. The predicted molar refractivity (Wildman–Crippen MR) is 90.4 cm³/mol. The summed E-state index contributed by atoms with van der Waals surface area (Å²) in [5.41, 5.74) is 0.851. The molecule has 0 amide bonds. The van der Waals surface area contributed by atoms with Crippen LogP contribution in [0.3, 0.4) is 0 Å². The van der Waals surface area contributed by atoms with Crippen LogP contribution >= 0.6 is 0 Å². The van der Waals surface area contributed by atoms with Crippen LogP contribution in [0.1, 0.15) is 19.4 Å². The van der Waals surface area contributed by atoms with E-state index in [0.717, 1.165) is 12.1 Å². The second-order valence-corrected chi connectivity index (χ2v) is 5.72. The number of carbonyl (C=O) groups is 1. The molecule has 0 atom stereocenters. The van der Waals surface area contributed by atoms with Crippen molar-refractivity contribution in [2.75, 3.05) is 0 Å². The summed E-state index contributed by atoms with van der Waals surface area (Å²) in [7, 11) is 0. The maximum absolute atomic E-state index is 13.1. The quantitative estimate of drug-likeness (QED) is 0.499. The van der Waals surface area contributed by atoms with Crippen molar-refractivity contribution in [3.8, 4) is 17.2 Å². The van der Waals surface area contributed by atoms with Crippen molar-refractivity contribution in [2.24, 2.45) is 0 Å². The molecule has 0 aromatic heterocycles. The highest BCUT2D eigenvalue weighted by molar-refractivity contribution is 6.17. The van der Waals surface area contributed by atoms with E-state index >= 15 is 0 Å². The molecule has 0 bridgehead atoms. The molecule has 2 aromatic rings. The van der Waals surface area contributed by atoms with Crippen molar-refractivity contribution in [1.82, 2.24) is 0 Å². The van der Waals surface area contributed by atoms with Gasteiger partial charge in [-0.1, -0.05) is 29.8 Å². The third-order valence-corrected chi connectivity index (χ3v) is 3.41. The van der Waals surface area contributed by atoms with Gasteiger partial charge in [0, 0.05) is 11.6 Å². The Bertz CT molecular complexity index is 858. The maximum atomic E-state index is 13.1. The van der Waals surface area contributed by atoms with E-state index in [1.807, 2.05) is 0 Å². The lowest BCUT2D eigenvalue weighted by molar-refractivity contribution is -0.253. The van der Waals surface area contributed by atoms with Gasteiger partial charge in [0.05, 0.1) is 5.57 Å². The molecule has 0 aliphatic rings. The Balaban J connectivity index is 2.36. The van der Waals surface area contributed by atoms with E-state index in [2.05, 4.69) is 4.74 Å². The molecule has 0 spiro atoms. The van der Waals surface area contributed by atoms with Gasteiger partial charge in [-0.3, -0.25) is 0 Å². The smallest absolute Gasteiger partial charge is 0.461 e. The number of ether oxygens (including phenoxy) is 2. The molecular weight excluding hydrogens is 368 g/mol. The molecule has 0 aliphatic heterocycles. The summed E-state index contributed by atoms with van der Waals surface area (Å²) in [6, 6.07) is 11.0. The lowest BCUT2D eigenvalue weighted by Gasteiger charge is -2.17. The standard InChI is InChI=1S/C19H16F4O4/c1-11(2)16(17(24)25)14-8-3-4-9-15(14)26-12-6-5-7-13(10-12)27-19(22,23)18(20)21/h3-10,18H,1-2H3,(H,24,25). The van der Waals surface area contributed by atoms with Crippen molar-refractivity contribution in [3.63, 3.8) is 0 Å². The number of alkyl halides is 4. The summed E-state index contributed by atoms with van der Waals surface area (Å²) in [5.74, 6) is -1.49. The molecule has 2 rings (SSSR count). The summed E-state index contributed by atoms with van der Waals surface area (Å²) < 4.78 is 60.3. The molecule has 0 radical (unpaired) electrons. The van der Waals surface area contributed by atoms with Crippen molar-refractivity contribution < 1.29 is 36.9 Å². The normalized spacial score (nSPS) is 11.2. The first-order chi connectivity index (χ1) is 12.6. The van der Waals surface area contributed by atoms with Crippen LogP contribution in [0, 0.1) is 0 Å². The minimum absolute atomic E-state index is 0.0171. The highest BCUT2D eigenvalue weighted by Gasteiger charge is 2.44. The summed E-state index contributed by atoms with van der Waals surface area (Å²) in [5, 5.41) is 9.42. The minimum Gasteiger partial charge on any atom is -0.478 e. The zero-order chi connectivity index (χ0) is 20.2. The Hall–Kier alpha value is -3.03. The van der Waals surface area contributed by atoms with Crippen molar-refractivity contribution in [3.05, 3.63) is 59.7 Å². The predicted octanol–water partition coefficient (Wildman–Crippen LogP) is 5.59. The van der Waals surface area contributed by atoms with Crippen LogP contribution in [0.4, 0.5) is 17.6 Å². The Morgan fingerprint density at radius 1 is 1.04 bits per heavy atom. The SMILES string of the molecule is CC(C)=C(C(=O)O)c1ccccc1Oc1cccc(OC(F)(F)C(F)F)c1. The first-order valence-electron chi connectivity index (χ1n) is 7.75. The lowest BCUT2D eigenvalue weighted by atomic mass is 10.0. The summed E-state index contributed by atoms with van der Waals surface area (Å²) in [4.78, 5) is 11.5. The van der Waals surface area contributed by atoms with Gasteiger partial charge >= 0.3 is 18.5 Å². The van der Waals surface area contributed by atoms with Crippen LogP contribution in [-0.4, -0.2) is 23.6 Å². The molecule has 0 heterocycles. The molecule has 8 heteroatoms. The number of allylic oxidation sites excluding steroid dienone is 1. The molecule has 0 fully saturated rings. The van der Waals surface area contributed by atoms with Gasteiger partial charge in [-0.15, -0.1) is 0 Å². The Morgan fingerprint density at radius 2 is 1.67 bits per heavy atom. The number of rotatable bonds is 7. The van der Waals surface area contributed by atoms with E-state index < -0.39 is 24.3 Å². The van der Waals surface area contributed by atoms with Crippen molar-refractivity contribution in [1.29, 1.82) is 0 Å². The highest BCUT2D eigenvalue weighted by Crippen LogP contribution is 2.34. The topological polar surface area (TPSA) is 55.8 Å². The van der Waals surface area contributed by atoms with E-state index in [1.54, 1.807) is 26.0 Å². The van der Waals surface area contributed by atoms with E-state index in [1.165, 1.54) is 24.3 Å². The summed E-state index contributed by atoms with van der Waals surface area (Å²) in [6.07, 6.45) is -8.63. The number of halogens is 4. The molecule has 144 valence electrons. The number of carboxylic acid groups (broad SMARTS) is 1. The second kappa shape index (κ2) is 8.11. The van der Waals surface area contributed by atoms with Gasteiger partial charge in [-0.25, -0.2) is 4.79 Å². The number of para-hydroxylation sites is 1.